The molecule has 3 rings (SSSR count). The van der Waals surface area contributed by atoms with Gasteiger partial charge in [0, 0.05) is 31.4 Å². The third-order valence-corrected chi connectivity index (χ3v) is 4.86. The predicted octanol–water partition coefficient (Wildman–Crippen LogP) is 2.75. The van der Waals surface area contributed by atoms with Crippen LogP contribution in [0.1, 0.15) is 29.7 Å². The predicted molar refractivity (Wildman–Crippen MR) is 113 cm³/mol. The molecule has 0 unspecified atom stereocenters. The Hall–Kier alpha value is -3.29. The van der Waals surface area contributed by atoms with Crippen LogP contribution in [0.4, 0.5) is 0 Å². The molecule has 1 amide bonds. The monoisotopic (exact) mass is 412 g/mol. The molecule has 2 aromatic heterocycles. The average Bonchev–Trinajstić information content (AvgIpc) is 3.13. The maximum Gasteiger partial charge on any atom is 0.220 e. The number of hydrogen-bond donors (Lipinski definition) is 1. The maximum absolute atomic E-state index is 12.2. The average molecular weight is 412 g/mol. The lowest BCUT2D eigenvalue weighted by atomic mass is 10.1. The third kappa shape index (κ3) is 5.00. The number of carbonyl (C=O) groups is 1. The molecular weight excluding hydrogens is 384 g/mol. The van der Waals surface area contributed by atoms with Gasteiger partial charge < -0.3 is 19.5 Å². The summed E-state index contributed by atoms with van der Waals surface area (Å²) in [7, 11) is 4.73. The lowest BCUT2D eigenvalue weighted by Gasteiger charge is -2.15. The summed E-state index contributed by atoms with van der Waals surface area (Å²) in [5, 5.41) is 7.35. The molecule has 0 bridgehead atoms. The zero-order chi connectivity index (χ0) is 21.5. The van der Waals surface area contributed by atoms with Gasteiger partial charge in [-0.2, -0.15) is 5.10 Å². The summed E-state index contributed by atoms with van der Waals surface area (Å²) in [5.74, 6) is 1.74. The van der Waals surface area contributed by atoms with E-state index in [9.17, 15) is 4.79 Å². The minimum absolute atomic E-state index is 0.00289. The topological polar surface area (TPSA) is 87.0 Å². The molecule has 1 N–H and O–H groups in total. The summed E-state index contributed by atoms with van der Waals surface area (Å²) in [4.78, 5) is 16.7. The molecule has 3 aromatic rings. The van der Waals surface area contributed by atoms with Crippen LogP contribution >= 0.6 is 0 Å². The molecular formula is C22H28N4O4. The van der Waals surface area contributed by atoms with Gasteiger partial charge >= 0.3 is 0 Å². The number of benzene rings is 1. The summed E-state index contributed by atoms with van der Waals surface area (Å²) >= 11 is 0. The van der Waals surface area contributed by atoms with Gasteiger partial charge in [0.15, 0.2) is 17.1 Å². The van der Waals surface area contributed by atoms with Gasteiger partial charge in [-0.1, -0.05) is 6.07 Å². The van der Waals surface area contributed by atoms with Gasteiger partial charge in [0.25, 0.3) is 0 Å². The zero-order valence-corrected chi connectivity index (χ0v) is 17.9. The molecule has 1 aromatic carbocycles. The quantitative estimate of drug-likeness (QED) is 0.515. The van der Waals surface area contributed by atoms with E-state index < -0.39 is 0 Å². The van der Waals surface area contributed by atoms with Gasteiger partial charge in [-0.15, -0.1) is 0 Å². The van der Waals surface area contributed by atoms with Gasteiger partial charge in [-0.05, 0) is 43.4 Å². The van der Waals surface area contributed by atoms with Crippen LogP contribution in [0.2, 0.25) is 0 Å². The van der Waals surface area contributed by atoms with Crippen LogP contribution in [0.3, 0.4) is 0 Å². The molecule has 0 aliphatic heterocycles. The second-order valence-corrected chi connectivity index (χ2v) is 7.00. The van der Waals surface area contributed by atoms with Crippen LogP contribution in [-0.2, 0) is 17.6 Å². The van der Waals surface area contributed by atoms with Gasteiger partial charge in [0.05, 0.1) is 27.0 Å². The molecule has 0 spiro atoms. The Morgan fingerprint density at radius 1 is 1.10 bits per heavy atom. The van der Waals surface area contributed by atoms with Crippen molar-refractivity contribution in [2.75, 3.05) is 27.9 Å². The van der Waals surface area contributed by atoms with E-state index in [0.717, 1.165) is 35.3 Å². The second kappa shape index (κ2) is 9.96. The van der Waals surface area contributed by atoms with Crippen LogP contribution < -0.4 is 19.5 Å². The Balaban J connectivity index is 1.46. The number of ether oxygens (including phenoxy) is 3. The van der Waals surface area contributed by atoms with Crippen molar-refractivity contribution in [2.24, 2.45) is 0 Å². The normalized spacial score (nSPS) is 10.8. The van der Waals surface area contributed by atoms with E-state index in [0.29, 0.717) is 36.6 Å². The molecule has 0 saturated carbocycles. The van der Waals surface area contributed by atoms with E-state index in [1.54, 1.807) is 25.8 Å². The SMILES string of the molecule is COc1ccc(CCC(=O)NCCCc2cnc3cc(C)nn3c2)c(OC)c1OC. The number of nitrogens with zero attached hydrogens (tertiary/aromatic N) is 3. The number of rotatable bonds is 10. The number of carbonyl (C=O) groups excluding carboxylic acids is 1. The first-order chi connectivity index (χ1) is 14.5. The molecule has 0 radical (unpaired) electrons. The second-order valence-electron chi connectivity index (χ2n) is 7.00. The Labute approximate surface area is 176 Å². The van der Waals surface area contributed by atoms with Gasteiger partial charge in [-0.25, -0.2) is 9.50 Å². The fraction of sp³-hybridized carbons (Fsp3) is 0.409. The summed E-state index contributed by atoms with van der Waals surface area (Å²) < 4.78 is 17.9. The van der Waals surface area contributed by atoms with Gasteiger partial charge in [-0.3, -0.25) is 4.79 Å². The van der Waals surface area contributed by atoms with Crippen molar-refractivity contribution < 1.29 is 19.0 Å². The highest BCUT2D eigenvalue weighted by molar-refractivity contribution is 5.76. The summed E-state index contributed by atoms with van der Waals surface area (Å²) in [6, 6.07) is 5.66. The molecule has 0 fully saturated rings. The lowest BCUT2D eigenvalue weighted by Crippen LogP contribution is -2.25. The Morgan fingerprint density at radius 2 is 1.90 bits per heavy atom. The number of nitrogens with one attached hydrogen (secondary N) is 1. The minimum Gasteiger partial charge on any atom is -0.493 e. The van der Waals surface area contributed by atoms with Gasteiger partial charge in [0.1, 0.15) is 0 Å². The first kappa shape index (κ1) is 21.4. The molecule has 0 aliphatic carbocycles. The first-order valence-electron chi connectivity index (χ1n) is 9.91. The lowest BCUT2D eigenvalue weighted by molar-refractivity contribution is -0.121. The van der Waals surface area contributed by atoms with Crippen molar-refractivity contribution in [3.05, 3.63) is 47.4 Å². The van der Waals surface area contributed by atoms with E-state index in [1.165, 1.54) is 0 Å². The molecule has 8 nitrogen and oxygen atoms in total. The van der Waals surface area contributed by atoms with Crippen LogP contribution in [0.5, 0.6) is 17.2 Å². The summed E-state index contributed by atoms with van der Waals surface area (Å²) in [6.45, 7) is 2.56. The summed E-state index contributed by atoms with van der Waals surface area (Å²) in [5.41, 5.74) is 3.78. The van der Waals surface area contributed by atoms with Gasteiger partial charge in [0.2, 0.25) is 11.7 Å². The molecule has 0 saturated heterocycles. The number of aryl methyl sites for hydroxylation is 3. The Morgan fingerprint density at radius 3 is 2.63 bits per heavy atom. The third-order valence-electron chi connectivity index (χ3n) is 4.86. The molecule has 30 heavy (non-hydrogen) atoms. The minimum atomic E-state index is 0.00289. The highest BCUT2D eigenvalue weighted by atomic mass is 16.5. The van der Waals surface area contributed by atoms with Crippen LogP contribution in [0.15, 0.2) is 30.6 Å². The van der Waals surface area contributed by atoms with E-state index in [-0.39, 0.29) is 5.91 Å². The maximum atomic E-state index is 12.2. The van der Waals surface area contributed by atoms with Crippen molar-refractivity contribution in [3.8, 4) is 17.2 Å². The van der Waals surface area contributed by atoms with E-state index in [2.05, 4.69) is 15.4 Å². The van der Waals surface area contributed by atoms with Crippen LogP contribution in [0, 0.1) is 6.92 Å². The molecule has 160 valence electrons. The molecule has 0 aliphatic rings. The highest BCUT2D eigenvalue weighted by Crippen LogP contribution is 2.40. The highest BCUT2D eigenvalue weighted by Gasteiger charge is 2.16. The smallest absolute Gasteiger partial charge is 0.220 e. The number of hydrogen-bond acceptors (Lipinski definition) is 6. The van der Waals surface area contributed by atoms with Crippen molar-refractivity contribution in [1.29, 1.82) is 0 Å². The largest absolute Gasteiger partial charge is 0.493 e. The van der Waals surface area contributed by atoms with Crippen molar-refractivity contribution in [3.63, 3.8) is 0 Å². The standard InChI is InChI=1S/C22H28N4O4/c1-15-12-19-24-13-16(14-26(19)25-15)6-5-11-23-20(27)10-8-17-7-9-18(28-2)22(30-4)21(17)29-3/h7,9,12-14H,5-6,8,10-11H2,1-4H3,(H,23,27). The number of methoxy groups -OCH3 is 3. The van der Waals surface area contributed by atoms with E-state index in [4.69, 9.17) is 14.2 Å². The summed E-state index contributed by atoms with van der Waals surface area (Å²) in [6.07, 6.45) is 6.42. The molecule has 8 heteroatoms. The van der Waals surface area contributed by atoms with E-state index in [1.807, 2.05) is 37.5 Å². The Kier molecular flexibility index (Phi) is 7.11. The fourth-order valence-corrected chi connectivity index (χ4v) is 3.38. The van der Waals surface area contributed by atoms with Crippen LogP contribution in [0.25, 0.3) is 5.65 Å². The Bertz CT molecular complexity index is 1020. The van der Waals surface area contributed by atoms with Crippen LogP contribution in [-0.4, -0.2) is 48.4 Å². The van der Waals surface area contributed by atoms with Crippen molar-refractivity contribution in [2.45, 2.75) is 32.6 Å². The number of aromatic nitrogens is 3. The van der Waals surface area contributed by atoms with Crippen molar-refractivity contribution >= 4 is 11.6 Å². The number of amides is 1. The zero-order valence-electron chi connectivity index (χ0n) is 17.9. The van der Waals surface area contributed by atoms with E-state index >= 15 is 0 Å². The van der Waals surface area contributed by atoms with Crippen molar-refractivity contribution in [1.82, 2.24) is 19.9 Å². The first-order valence-corrected chi connectivity index (χ1v) is 9.91. The fourth-order valence-electron chi connectivity index (χ4n) is 3.38. The molecule has 0 atom stereocenters. The number of fused-ring (bicyclic) bond motifs is 1. The molecule has 2 heterocycles.